The molecule has 17 heavy (non-hydrogen) atoms. The Bertz CT molecular complexity index is 396. The Morgan fingerprint density at radius 3 is 3.24 bits per heavy atom. The quantitative estimate of drug-likeness (QED) is 0.840. The van der Waals surface area contributed by atoms with E-state index in [2.05, 4.69) is 15.2 Å². The fourth-order valence-corrected chi connectivity index (χ4v) is 2.92. The molecule has 1 amide bonds. The van der Waals surface area contributed by atoms with Crippen LogP contribution < -0.4 is 5.32 Å². The van der Waals surface area contributed by atoms with Crippen molar-refractivity contribution in [3.8, 4) is 0 Å². The molecule has 1 aliphatic rings. The molecule has 6 heteroatoms. The second-order valence-electron chi connectivity index (χ2n) is 4.12. The molecule has 0 spiro atoms. The highest BCUT2D eigenvalue weighted by molar-refractivity contribution is 7.09. The highest BCUT2D eigenvalue weighted by atomic mass is 35.5. The molecule has 4 nitrogen and oxygen atoms in total. The van der Waals surface area contributed by atoms with Gasteiger partial charge in [-0.3, -0.25) is 9.69 Å². The van der Waals surface area contributed by atoms with Crippen LogP contribution in [0.5, 0.6) is 0 Å². The standard InChI is InChI=1S/C11H16ClN3OS/c1-8-11(16)13-3-5-15(8)4-2-10-14-9(6-12)7-17-10/h7-8H,2-6H2,1H3,(H,13,16). The third-order valence-corrected chi connectivity index (χ3v) is 4.21. The van der Waals surface area contributed by atoms with Gasteiger partial charge in [0.1, 0.15) is 0 Å². The minimum absolute atomic E-state index is 0.0313. The van der Waals surface area contributed by atoms with Crippen LogP contribution in [0.3, 0.4) is 0 Å². The van der Waals surface area contributed by atoms with E-state index in [9.17, 15) is 4.79 Å². The van der Waals surface area contributed by atoms with Crippen molar-refractivity contribution in [2.45, 2.75) is 25.3 Å². The maximum atomic E-state index is 11.5. The van der Waals surface area contributed by atoms with E-state index in [-0.39, 0.29) is 11.9 Å². The maximum Gasteiger partial charge on any atom is 0.237 e. The Hall–Kier alpha value is -0.650. The molecule has 0 radical (unpaired) electrons. The highest BCUT2D eigenvalue weighted by Gasteiger charge is 2.24. The molecule has 1 aromatic heterocycles. The summed E-state index contributed by atoms with van der Waals surface area (Å²) in [4.78, 5) is 18.1. The summed E-state index contributed by atoms with van der Waals surface area (Å²) in [6, 6.07) is -0.0313. The number of rotatable bonds is 4. The highest BCUT2D eigenvalue weighted by Crippen LogP contribution is 2.13. The van der Waals surface area contributed by atoms with Crippen LogP contribution in [-0.4, -0.2) is 41.5 Å². The van der Waals surface area contributed by atoms with Gasteiger partial charge in [0, 0.05) is 31.4 Å². The van der Waals surface area contributed by atoms with Gasteiger partial charge in [-0.2, -0.15) is 0 Å². The average Bonchev–Trinajstić information content (AvgIpc) is 2.79. The van der Waals surface area contributed by atoms with Crippen LogP contribution in [-0.2, 0) is 17.1 Å². The van der Waals surface area contributed by atoms with Gasteiger partial charge in [0.15, 0.2) is 0 Å². The molecule has 1 aliphatic heterocycles. The van der Waals surface area contributed by atoms with Crippen molar-refractivity contribution in [2.24, 2.45) is 0 Å². The molecule has 94 valence electrons. The number of nitrogens with one attached hydrogen (secondary N) is 1. The predicted octanol–water partition coefficient (Wildman–Crippen LogP) is 1.24. The molecular formula is C11H16ClN3OS. The van der Waals surface area contributed by atoms with Crippen molar-refractivity contribution < 1.29 is 4.79 Å². The molecule has 0 saturated carbocycles. The van der Waals surface area contributed by atoms with E-state index in [1.54, 1.807) is 11.3 Å². The van der Waals surface area contributed by atoms with Crippen LogP contribution in [0, 0.1) is 0 Å². The van der Waals surface area contributed by atoms with Crippen LogP contribution in [0.15, 0.2) is 5.38 Å². The first-order chi connectivity index (χ1) is 8.20. The molecule has 0 aromatic carbocycles. The van der Waals surface area contributed by atoms with Crippen LogP contribution in [0.4, 0.5) is 0 Å². The summed E-state index contributed by atoms with van der Waals surface area (Å²) in [7, 11) is 0. The van der Waals surface area contributed by atoms with Crippen LogP contribution in [0.1, 0.15) is 17.6 Å². The third-order valence-electron chi connectivity index (χ3n) is 2.97. The lowest BCUT2D eigenvalue weighted by molar-refractivity contribution is -0.128. The molecular weight excluding hydrogens is 258 g/mol. The summed E-state index contributed by atoms with van der Waals surface area (Å²) < 4.78 is 0. The Morgan fingerprint density at radius 2 is 2.53 bits per heavy atom. The number of hydrogen-bond donors (Lipinski definition) is 1. The summed E-state index contributed by atoms with van der Waals surface area (Å²) >= 11 is 7.35. The molecule has 2 rings (SSSR count). The number of thiazole rings is 1. The first-order valence-corrected chi connectivity index (χ1v) is 7.13. The molecule has 1 N–H and O–H groups in total. The summed E-state index contributed by atoms with van der Waals surface area (Å²) in [5, 5.41) is 5.95. The minimum atomic E-state index is -0.0313. The number of carbonyl (C=O) groups excluding carboxylic acids is 1. The van der Waals surface area contributed by atoms with E-state index < -0.39 is 0 Å². The van der Waals surface area contributed by atoms with Crippen molar-refractivity contribution in [1.29, 1.82) is 0 Å². The van der Waals surface area contributed by atoms with Gasteiger partial charge in [-0.05, 0) is 6.92 Å². The predicted molar refractivity (Wildman–Crippen MR) is 69.4 cm³/mol. The zero-order chi connectivity index (χ0) is 12.3. The lowest BCUT2D eigenvalue weighted by atomic mass is 10.2. The second kappa shape index (κ2) is 5.80. The number of hydrogen-bond acceptors (Lipinski definition) is 4. The van der Waals surface area contributed by atoms with Gasteiger partial charge in [0.2, 0.25) is 5.91 Å². The number of nitrogens with zero attached hydrogens (tertiary/aromatic N) is 2. The van der Waals surface area contributed by atoms with Crippen molar-refractivity contribution in [3.05, 3.63) is 16.1 Å². The maximum absolute atomic E-state index is 11.5. The van der Waals surface area contributed by atoms with E-state index >= 15 is 0 Å². The van der Waals surface area contributed by atoms with Crippen LogP contribution in [0.2, 0.25) is 0 Å². The van der Waals surface area contributed by atoms with E-state index in [0.717, 1.165) is 36.8 Å². The molecule has 1 saturated heterocycles. The molecule has 1 fully saturated rings. The lowest BCUT2D eigenvalue weighted by Gasteiger charge is -2.32. The smallest absolute Gasteiger partial charge is 0.237 e. The largest absolute Gasteiger partial charge is 0.353 e. The molecule has 2 heterocycles. The third kappa shape index (κ3) is 3.18. The summed E-state index contributed by atoms with van der Waals surface area (Å²) in [5.74, 6) is 0.593. The fourth-order valence-electron chi connectivity index (χ4n) is 1.90. The van der Waals surface area contributed by atoms with E-state index in [0.29, 0.717) is 5.88 Å². The average molecular weight is 274 g/mol. The molecule has 0 bridgehead atoms. The van der Waals surface area contributed by atoms with Gasteiger partial charge in [0.25, 0.3) is 0 Å². The fraction of sp³-hybridized carbons (Fsp3) is 0.636. The topological polar surface area (TPSA) is 45.2 Å². The Morgan fingerprint density at radius 1 is 1.71 bits per heavy atom. The zero-order valence-electron chi connectivity index (χ0n) is 9.78. The number of alkyl halides is 1. The Kier molecular flexibility index (Phi) is 4.36. The van der Waals surface area contributed by atoms with E-state index in [1.165, 1.54) is 0 Å². The van der Waals surface area contributed by atoms with Crippen molar-refractivity contribution >= 4 is 28.8 Å². The summed E-state index contributed by atoms with van der Waals surface area (Å²) in [5.41, 5.74) is 0.941. The Labute approximate surface area is 110 Å². The second-order valence-corrected chi connectivity index (χ2v) is 5.33. The number of carbonyl (C=O) groups is 1. The summed E-state index contributed by atoms with van der Waals surface area (Å²) in [6.45, 7) is 4.49. The number of amides is 1. The molecule has 1 atom stereocenters. The normalized spacial score (nSPS) is 21.5. The van der Waals surface area contributed by atoms with Gasteiger partial charge in [-0.25, -0.2) is 4.98 Å². The minimum Gasteiger partial charge on any atom is -0.353 e. The lowest BCUT2D eigenvalue weighted by Crippen LogP contribution is -2.54. The molecule has 0 aliphatic carbocycles. The first-order valence-electron chi connectivity index (χ1n) is 5.71. The molecule has 1 aromatic rings. The van der Waals surface area contributed by atoms with Gasteiger partial charge >= 0.3 is 0 Å². The van der Waals surface area contributed by atoms with Gasteiger partial charge < -0.3 is 5.32 Å². The zero-order valence-corrected chi connectivity index (χ0v) is 11.4. The SMILES string of the molecule is CC1C(=O)NCCN1CCc1nc(CCl)cs1. The van der Waals surface area contributed by atoms with E-state index in [4.69, 9.17) is 11.6 Å². The first kappa shape index (κ1) is 12.8. The van der Waals surface area contributed by atoms with Crippen molar-refractivity contribution in [1.82, 2.24) is 15.2 Å². The number of piperazine rings is 1. The van der Waals surface area contributed by atoms with Gasteiger partial charge in [-0.15, -0.1) is 22.9 Å². The number of halogens is 1. The number of aromatic nitrogens is 1. The van der Waals surface area contributed by atoms with Gasteiger partial charge in [-0.1, -0.05) is 0 Å². The summed E-state index contributed by atoms with van der Waals surface area (Å²) in [6.07, 6.45) is 0.888. The van der Waals surface area contributed by atoms with Crippen LogP contribution >= 0.6 is 22.9 Å². The van der Waals surface area contributed by atoms with E-state index in [1.807, 2.05) is 12.3 Å². The van der Waals surface area contributed by atoms with Gasteiger partial charge in [0.05, 0.1) is 22.6 Å². The van der Waals surface area contributed by atoms with Crippen LogP contribution in [0.25, 0.3) is 0 Å². The molecule has 1 unspecified atom stereocenters. The van der Waals surface area contributed by atoms with Crippen molar-refractivity contribution in [3.63, 3.8) is 0 Å². The Balaban J connectivity index is 1.86. The van der Waals surface area contributed by atoms with Crippen molar-refractivity contribution in [2.75, 3.05) is 19.6 Å². The monoisotopic (exact) mass is 273 g/mol.